The highest BCUT2D eigenvalue weighted by molar-refractivity contribution is 7.12. The van der Waals surface area contributed by atoms with Crippen molar-refractivity contribution in [1.29, 1.82) is 0 Å². The molecule has 3 aromatic rings. The Hall–Kier alpha value is -1.89. The number of likely N-dealkylation sites (tertiary alicyclic amines) is 1. The highest BCUT2D eigenvalue weighted by Gasteiger charge is 2.34. The van der Waals surface area contributed by atoms with Crippen LogP contribution in [0.3, 0.4) is 0 Å². The molecule has 1 aromatic heterocycles. The van der Waals surface area contributed by atoms with E-state index in [1.54, 1.807) is 11.0 Å². The summed E-state index contributed by atoms with van der Waals surface area (Å²) < 4.78 is 0. The number of likely N-dealkylation sites (N-methyl/N-ethyl adjacent to an activating group) is 1. The number of halogens is 2. The van der Waals surface area contributed by atoms with Crippen molar-refractivity contribution in [3.05, 3.63) is 92.1 Å². The summed E-state index contributed by atoms with van der Waals surface area (Å²) >= 11 is 14.2. The van der Waals surface area contributed by atoms with Gasteiger partial charge < -0.3 is 14.9 Å². The molecule has 34 heavy (non-hydrogen) atoms. The Morgan fingerprint density at radius 1 is 1.12 bits per heavy atom. The van der Waals surface area contributed by atoms with E-state index >= 15 is 0 Å². The van der Waals surface area contributed by atoms with Crippen LogP contribution in [-0.2, 0) is 5.60 Å². The summed E-state index contributed by atoms with van der Waals surface area (Å²) in [5, 5.41) is 14.3. The summed E-state index contributed by atoms with van der Waals surface area (Å²) in [5.74, 6) is 0.101. The van der Waals surface area contributed by atoms with Gasteiger partial charge in [0, 0.05) is 42.6 Å². The maximum absolute atomic E-state index is 12.9. The maximum Gasteiger partial charge on any atom is 0.263 e. The van der Waals surface area contributed by atoms with Gasteiger partial charge in [0.1, 0.15) is 0 Å². The first-order chi connectivity index (χ1) is 16.4. The van der Waals surface area contributed by atoms with Gasteiger partial charge in [0.15, 0.2) is 0 Å². The Balaban J connectivity index is 1.42. The normalized spacial score (nSPS) is 16.8. The van der Waals surface area contributed by atoms with Gasteiger partial charge in [-0.05, 0) is 60.5 Å². The summed E-state index contributed by atoms with van der Waals surface area (Å²) in [5.41, 5.74) is 1.24. The highest BCUT2D eigenvalue weighted by atomic mass is 35.5. The largest absolute Gasteiger partial charge is 0.385 e. The van der Waals surface area contributed by atoms with Crippen LogP contribution in [0.5, 0.6) is 0 Å². The van der Waals surface area contributed by atoms with Gasteiger partial charge in [-0.1, -0.05) is 65.7 Å². The van der Waals surface area contributed by atoms with Gasteiger partial charge in [-0.2, -0.15) is 0 Å². The van der Waals surface area contributed by atoms with Crippen molar-refractivity contribution < 1.29 is 9.90 Å². The zero-order valence-corrected chi connectivity index (χ0v) is 21.6. The standard InChI is InChI=1S/C27H30Cl2N2O2S/c1-30(26(32)25-8-5-17-34-25)19-20(23-10-9-22(28)18-24(23)29)11-14-31-15-12-27(33,13-16-31)21-6-3-2-4-7-21/h2-10,17-18,20,33H,11-16,19H2,1H3. The minimum absolute atomic E-state index is 0.0241. The smallest absolute Gasteiger partial charge is 0.263 e. The van der Waals surface area contributed by atoms with E-state index in [2.05, 4.69) is 4.90 Å². The number of carbonyl (C=O) groups excluding carboxylic acids is 1. The monoisotopic (exact) mass is 516 g/mol. The first kappa shape index (κ1) is 25.2. The Morgan fingerprint density at radius 3 is 2.50 bits per heavy atom. The molecular weight excluding hydrogens is 487 g/mol. The Labute approximate surface area is 215 Å². The van der Waals surface area contributed by atoms with Crippen LogP contribution < -0.4 is 0 Å². The van der Waals surface area contributed by atoms with E-state index in [4.69, 9.17) is 23.2 Å². The first-order valence-corrected chi connectivity index (χ1v) is 13.2. The van der Waals surface area contributed by atoms with Crippen LogP contribution in [0.2, 0.25) is 10.0 Å². The molecule has 0 aliphatic carbocycles. The molecule has 7 heteroatoms. The molecule has 2 aromatic carbocycles. The van der Waals surface area contributed by atoms with Gasteiger partial charge in [0.2, 0.25) is 0 Å². The van der Waals surface area contributed by atoms with Gasteiger partial charge in [0.25, 0.3) is 5.91 Å². The van der Waals surface area contributed by atoms with E-state index in [1.807, 2.05) is 67.0 Å². The molecule has 0 bridgehead atoms. The van der Waals surface area contributed by atoms with Gasteiger partial charge in [0.05, 0.1) is 10.5 Å². The lowest BCUT2D eigenvalue weighted by Crippen LogP contribution is -2.43. The number of amides is 1. The van der Waals surface area contributed by atoms with Gasteiger partial charge in [-0.25, -0.2) is 0 Å². The predicted molar refractivity (Wildman–Crippen MR) is 141 cm³/mol. The third-order valence-corrected chi connectivity index (χ3v) is 8.18. The van der Waals surface area contributed by atoms with Crippen LogP contribution in [0.1, 0.15) is 46.0 Å². The molecule has 180 valence electrons. The Morgan fingerprint density at radius 2 is 1.85 bits per heavy atom. The number of rotatable bonds is 8. The van der Waals surface area contributed by atoms with Crippen LogP contribution >= 0.6 is 34.5 Å². The Kier molecular flexibility index (Phi) is 8.33. The molecule has 0 spiro atoms. The number of hydrogen-bond acceptors (Lipinski definition) is 4. The van der Waals surface area contributed by atoms with Gasteiger partial charge >= 0.3 is 0 Å². The van der Waals surface area contributed by atoms with E-state index < -0.39 is 5.60 Å². The maximum atomic E-state index is 12.9. The molecule has 1 fully saturated rings. The fourth-order valence-corrected chi connectivity index (χ4v) is 5.98. The quantitative estimate of drug-likeness (QED) is 0.382. The van der Waals surface area contributed by atoms with Crippen molar-refractivity contribution in [1.82, 2.24) is 9.80 Å². The van der Waals surface area contributed by atoms with Crippen molar-refractivity contribution >= 4 is 40.4 Å². The summed E-state index contributed by atoms with van der Waals surface area (Å²) in [6, 6.07) is 19.3. The van der Waals surface area contributed by atoms with E-state index in [-0.39, 0.29) is 11.8 Å². The molecule has 1 atom stereocenters. The van der Waals surface area contributed by atoms with Crippen LogP contribution in [0.25, 0.3) is 0 Å². The van der Waals surface area contributed by atoms with E-state index in [0.717, 1.165) is 42.1 Å². The zero-order valence-electron chi connectivity index (χ0n) is 19.3. The summed E-state index contributed by atoms with van der Waals surface area (Å²) in [6.07, 6.45) is 2.27. The molecular formula is C27H30Cl2N2O2S. The second kappa shape index (κ2) is 11.2. The van der Waals surface area contributed by atoms with Crippen molar-refractivity contribution in [3.8, 4) is 0 Å². The molecule has 1 aliphatic heterocycles. The molecule has 4 rings (SSSR count). The summed E-state index contributed by atoms with van der Waals surface area (Å²) in [7, 11) is 1.85. The first-order valence-electron chi connectivity index (χ1n) is 11.6. The Bertz CT molecular complexity index is 1080. The highest BCUT2D eigenvalue weighted by Crippen LogP contribution is 2.34. The van der Waals surface area contributed by atoms with Crippen LogP contribution in [-0.4, -0.2) is 54.0 Å². The predicted octanol–water partition coefficient (Wildman–Crippen LogP) is 6.28. The van der Waals surface area contributed by atoms with E-state index in [0.29, 0.717) is 29.4 Å². The third-order valence-electron chi connectivity index (χ3n) is 6.76. The SMILES string of the molecule is CN(CC(CCN1CCC(O)(c2ccccc2)CC1)c1ccc(Cl)cc1Cl)C(=O)c1cccs1. The zero-order chi connectivity index (χ0) is 24.1. The molecule has 0 radical (unpaired) electrons. The van der Waals surface area contributed by atoms with Crippen molar-refractivity contribution in [2.24, 2.45) is 0 Å². The molecule has 1 aliphatic rings. The summed E-state index contributed by atoms with van der Waals surface area (Å²) in [6.45, 7) is 3.10. The molecule has 1 unspecified atom stereocenters. The summed E-state index contributed by atoms with van der Waals surface area (Å²) in [4.78, 5) is 17.8. The molecule has 1 amide bonds. The molecule has 1 N–H and O–H groups in total. The van der Waals surface area contributed by atoms with Gasteiger partial charge in [-0.15, -0.1) is 11.3 Å². The number of hydrogen-bond donors (Lipinski definition) is 1. The van der Waals surface area contributed by atoms with Crippen LogP contribution in [0, 0.1) is 0 Å². The second-order valence-electron chi connectivity index (χ2n) is 9.05. The fraction of sp³-hybridized carbons (Fsp3) is 0.370. The number of thiophene rings is 1. The second-order valence-corrected chi connectivity index (χ2v) is 10.8. The van der Waals surface area contributed by atoms with Crippen molar-refractivity contribution in [2.75, 3.05) is 33.2 Å². The van der Waals surface area contributed by atoms with E-state index in [1.165, 1.54) is 11.3 Å². The molecule has 1 saturated heterocycles. The van der Waals surface area contributed by atoms with Gasteiger partial charge in [-0.3, -0.25) is 4.79 Å². The minimum atomic E-state index is -0.760. The van der Waals surface area contributed by atoms with Crippen LogP contribution in [0.4, 0.5) is 0 Å². The number of piperidine rings is 1. The fourth-order valence-electron chi connectivity index (χ4n) is 4.70. The van der Waals surface area contributed by atoms with Crippen molar-refractivity contribution in [3.63, 3.8) is 0 Å². The lowest BCUT2D eigenvalue weighted by atomic mass is 9.84. The van der Waals surface area contributed by atoms with Crippen molar-refractivity contribution in [2.45, 2.75) is 30.8 Å². The number of aliphatic hydroxyl groups is 1. The van der Waals surface area contributed by atoms with Crippen LogP contribution in [0.15, 0.2) is 66.0 Å². The molecule has 0 saturated carbocycles. The molecule has 2 heterocycles. The average Bonchev–Trinajstić information content (AvgIpc) is 3.38. The third kappa shape index (κ3) is 6.02. The lowest BCUT2D eigenvalue weighted by Gasteiger charge is -2.39. The average molecular weight is 518 g/mol. The number of benzene rings is 2. The topological polar surface area (TPSA) is 43.8 Å². The molecule has 4 nitrogen and oxygen atoms in total. The lowest BCUT2D eigenvalue weighted by molar-refractivity contribution is -0.0264. The number of carbonyl (C=O) groups is 1. The number of nitrogens with zero attached hydrogens (tertiary/aromatic N) is 2. The van der Waals surface area contributed by atoms with E-state index in [9.17, 15) is 9.90 Å². The minimum Gasteiger partial charge on any atom is -0.385 e.